The van der Waals surface area contributed by atoms with E-state index < -0.39 is 0 Å². The fourth-order valence-corrected chi connectivity index (χ4v) is 0.731. The molecule has 0 aliphatic carbocycles. The average molecular weight is 159 g/mol. The molecular formula is C6H9ClN3. The van der Waals surface area contributed by atoms with Crippen molar-refractivity contribution in [3.05, 3.63) is 18.0 Å². The predicted molar refractivity (Wildman–Crippen MR) is 39.6 cm³/mol. The van der Waals surface area contributed by atoms with Gasteiger partial charge in [0.1, 0.15) is 0 Å². The van der Waals surface area contributed by atoms with E-state index in [4.69, 9.17) is 11.8 Å². The van der Waals surface area contributed by atoms with Gasteiger partial charge in [0.05, 0.1) is 11.2 Å². The second kappa shape index (κ2) is 2.60. The molecule has 10 heavy (non-hydrogen) atoms. The molecule has 1 heterocycles. The molecule has 0 atom stereocenters. The van der Waals surface area contributed by atoms with Crippen molar-refractivity contribution in [3.8, 4) is 0 Å². The van der Waals surface area contributed by atoms with Gasteiger partial charge in [0, 0.05) is 6.20 Å². The first kappa shape index (κ1) is 7.57. The van der Waals surface area contributed by atoms with Crippen molar-refractivity contribution < 1.29 is 0 Å². The van der Waals surface area contributed by atoms with Crippen molar-refractivity contribution >= 4 is 11.8 Å². The lowest BCUT2D eigenvalue weighted by Crippen LogP contribution is -2.24. The van der Waals surface area contributed by atoms with Crippen LogP contribution in [0.15, 0.2) is 12.3 Å². The normalized spacial score (nSPS) is 11.9. The highest BCUT2D eigenvalue weighted by Crippen LogP contribution is 2.18. The molecule has 55 valence electrons. The van der Waals surface area contributed by atoms with Gasteiger partial charge in [0.25, 0.3) is 0 Å². The Morgan fingerprint density at radius 2 is 2.40 bits per heavy atom. The van der Waals surface area contributed by atoms with Gasteiger partial charge < -0.3 is 0 Å². The standard InChI is InChI=1S/C6H9ClN3/c1-6(2,10-7)5-3-4-8-9-5/h3-4H,1-2H3,(H,8,9). The van der Waals surface area contributed by atoms with Crippen molar-refractivity contribution in [2.45, 2.75) is 19.4 Å². The van der Waals surface area contributed by atoms with E-state index in [0.29, 0.717) is 0 Å². The van der Waals surface area contributed by atoms with Crippen LogP contribution < -0.4 is 4.84 Å². The maximum Gasteiger partial charge on any atom is 0.0914 e. The second-order valence-electron chi connectivity index (χ2n) is 2.60. The number of aromatic amines is 1. The van der Waals surface area contributed by atoms with E-state index in [1.807, 2.05) is 19.9 Å². The molecular weight excluding hydrogens is 150 g/mol. The third kappa shape index (κ3) is 1.30. The summed E-state index contributed by atoms with van der Waals surface area (Å²) in [6.45, 7) is 3.80. The summed E-state index contributed by atoms with van der Waals surface area (Å²) in [5.41, 5.74) is 0.462. The van der Waals surface area contributed by atoms with Crippen molar-refractivity contribution in [1.29, 1.82) is 0 Å². The fraction of sp³-hybridized carbons (Fsp3) is 0.500. The van der Waals surface area contributed by atoms with E-state index in [-0.39, 0.29) is 5.54 Å². The van der Waals surface area contributed by atoms with Gasteiger partial charge in [-0.25, -0.2) is 0 Å². The van der Waals surface area contributed by atoms with Gasteiger partial charge in [-0.1, -0.05) is 0 Å². The smallest absolute Gasteiger partial charge is 0.0914 e. The Labute approximate surface area is 64.9 Å². The first-order valence-electron chi connectivity index (χ1n) is 3.00. The molecule has 1 aromatic rings. The molecule has 1 rings (SSSR count). The van der Waals surface area contributed by atoms with E-state index in [0.717, 1.165) is 5.69 Å². The van der Waals surface area contributed by atoms with Gasteiger partial charge in [-0.2, -0.15) is 5.10 Å². The van der Waals surface area contributed by atoms with Gasteiger partial charge in [0.2, 0.25) is 0 Å². The van der Waals surface area contributed by atoms with Crippen LogP contribution in [0, 0.1) is 0 Å². The molecule has 0 saturated carbocycles. The van der Waals surface area contributed by atoms with Crippen LogP contribution >= 0.6 is 11.8 Å². The molecule has 1 aromatic heterocycles. The van der Waals surface area contributed by atoms with Gasteiger partial charge >= 0.3 is 0 Å². The molecule has 1 N–H and O–H groups in total. The molecule has 4 heteroatoms. The monoisotopic (exact) mass is 158 g/mol. The van der Waals surface area contributed by atoms with Crippen LogP contribution in [-0.2, 0) is 5.54 Å². The number of nitrogens with one attached hydrogen (secondary N) is 1. The summed E-state index contributed by atoms with van der Waals surface area (Å²) in [6.07, 6.45) is 1.75. The molecule has 1 radical (unpaired) electrons. The van der Waals surface area contributed by atoms with Crippen LogP contribution in [0.4, 0.5) is 0 Å². The molecule has 0 aliphatic heterocycles. The zero-order chi connectivity index (χ0) is 7.61. The van der Waals surface area contributed by atoms with Crippen LogP contribution in [-0.4, -0.2) is 10.2 Å². The van der Waals surface area contributed by atoms with Gasteiger partial charge in [-0.3, -0.25) is 5.10 Å². The van der Waals surface area contributed by atoms with Crippen molar-refractivity contribution in [1.82, 2.24) is 15.0 Å². The summed E-state index contributed by atoms with van der Waals surface area (Å²) in [5, 5.41) is 6.66. The SMILES string of the molecule is CC(C)([N]Cl)c1cc[nH]n1. The first-order chi connectivity index (χ1) is 4.67. The molecule has 0 amide bonds. The second-order valence-corrected chi connectivity index (χ2v) is 2.77. The topological polar surface area (TPSA) is 42.8 Å². The van der Waals surface area contributed by atoms with Gasteiger partial charge in [-0.05, 0) is 31.7 Å². The number of rotatable bonds is 2. The average Bonchev–Trinajstić information content (AvgIpc) is 2.38. The van der Waals surface area contributed by atoms with E-state index >= 15 is 0 Å². The number of nitrogens with zero attached hydrogens (tertiary/aromatic N) is 2. The summed E-state index contributed by atoms with van der Waals surface area (Å²) in [6, 6.07) is 1.85. The van der Waals surface area contributed by atoms with Crippen molar-refractivity contribution in [2.24, 2.45) is 0 Å². The van der Waals surface area contributed by atoms with Crippen LogP contribution in [0.25, 0.3) is 0 Å². The Kier molecular flexibility index (Phi) is 1.97. The lowest BCUT2D eigenvalue weighted by atomic mass is 10.0. The summed E-state index contributed by atoms with van der Waals surface area (Å²) >= 11 is 5.36. The van der Waals surface area contributed by atoms with Crippen LogP contribution in [0.1, 0.15) is 19.5 Å². The highest BCUT2D eigenvalue weighted by atomic mass is 35.5. The maximum absolute atomic E-state index is 5.36. The minimum absolute atomic E-state index is 0.387. The minimum Gasteiger partial charge on any atom is -0.285 e. The number of halogens is 1. The van der Waals surface area contributed by atoms with Crippen molar-refractivity contribution in [3.63, 3.8) is 0 Å². The Balaban J connectivity index is 2.85. The third-order valence-corrected chi connectivity index (χ3v) is 1.76. The largest absolute Gasteiger partial charge is 0.285 e. The Bertz CT molecular complexity index is 193. The molecule has 0 saturated heterocycles. The lowest BCUT2D eigenvalue weighted by Gasteiger charge is -2.15. The molecule has 0 unspecified atom stereocenters. The third-order valence-electron chi connectivity index (χ3n) is 1.34. The fourth-order valence-electron chi connectivity index (χ4n) is 0.644. The van der Waals surface area contributed by atoms with Crippen molar-refractivity contribution in [2.75, 3.05) is 0 Å². The Morgan fingerprint density at radius 3 is 2.80 bits per heavy atom. The van der Waals surface area contributed by atoms with E-state index in [1.165, 1.54) is 0 Å². The van der Waals surface area contributed by atoms with E-state index in [1.54, 1.807) is 6.20 Å². The summed E-state index contributed by atoms with van der Waals surface area (Å²) < 4.78 is 0. The zero-order valence-electron chi connectivity index (χ0n) is 5.93. The highest BCUT2D eigenvalue weighted by molar-refractivity contribution is 6.13. The van der Waals surface area contributed by atoms with E-state index in [9.17, 15) is 0 Å². The molecule has 0 fully saturated rings. The summed E-state index contributed by atoms with van der Waals surface area (Å²) in [4.78, 5) is 3.65. The number of hydrogen-bond acceptors (Lipinski definition) is 1. The summed E-state index contributed by atoms with van der Waals surface area (Å²) in [7, 11) is 0. The lowest BCUT2D eigenvalue weighted by molar-refractivity contribution is 0.477. The maximum atomic E-state index is 5.36. The number of hydrogen-bond donors (Lipinski definition) is 1. The highest BCUT2D eigenvalue weighted by Gasteiger charge is 2.22. The predicted octanol–water partition coefficient (Wildman–Crippen LogP) is 1.40. The quantitative estimate of drug-likeness (QED) is 0.695. The first-order valence-corrected chi connectivity index (χ1v) is 3.34. The number of aromatic nitrogens is 2. The molecule has 0 bridgehead atoms. The zero-order valence-corrected chi connectivity index (χ0v) is 6.68. The van der Waals surface area contributed by atoms with E-state index in [2.05, 4.69) is 15.0 Å². The summed E-state index contributed by atoms with van der Waals surface area (Å²) in [5.74, 6) is 0. The van der Waals surface area contributed by atoms with Crippen LogP contribution in [0.3, 0.4) is 0 Å². The number of H-pyrrole nitrogens is 1. The molecule has 3 nitrogen and oxygen atoms in total. The molecule has 0 aliphatic rings. The Morgan fingerprint density at radius 1 is 1.70 bits per heavy atom. The van der Waals surface area contributed by atoms with Gasteiger partial charge in [-0.15, -0.1) is 4.84 Å². The molecule has 0 spiro atoms. The Hall–Kier alpha value is -0.540. The molecule has 0 aromatic carbocycles. The minimum atomic E-state index is -0.387. The van der Waals surface area contributed by atoms with Gasteiger partial charge in [0.15, 0.2) is 0 Å². The van der Waals surface area contributed by atoms with Crippen LogP contribution in [0.5, 0.6) is 0 Å². The van der Waals surface area contributed by atoms with Crippen LogP contribution in [0.2, 0.25) is 0 Å².